The summed E-state index contributed by atoms with van der Waals surface area (Å²) in [6.07, 6.45) is 1.85. The van der Waals surface area contributed by atoms with Gasteiger partial charge in [0.1, 0.15) is 0 Å². The molecule has 1 amide bonds. The Morgan fingerprint density at radius 3 is 2.82 bits per heavy atom. The van der Waals surface area contributed by atoms with E-state index in [1.54, 1.807) is 0 Å². The molecule has 92 valence electrons. The zero-order valence-electron chi connectivity index (χ0n) is 9.87. The Bertz CT molecular complexity index is 429. The second-order valence-corrected chi connectivity index (χ2v) is 5.62. The van der Waals surface area contributed by atoms with E-state index in [4.69, 9.17) is 5.73 Å². The molecule has 0 spiro atoms. The molecule has 0 radical (unpaired) electrons. The number of amides is 1. The fourth-order valence-electron chi connectivity index (χ4n) is 1.98. The maximum Gasteiger partial charge on any atom is 0.230 e. The van der Waals surface area contributed by atoms with Crippen molar-refractivity contribution in [2.24, 2.45) is 5.73 Å². The van der Waals surface area contributed by atoms with Gasteiger partial charge in [0.15, 0.2) is 0 Å². The van der Waals surface area contributed by atoms with E-state index in [1.165, 1.54) is 0 Å². The molecule has 4 heteroatoms. The number of carbonyl (C=O) groups excluding carboxylic acids is 1. The molecule has 0 saturated heterocycles. The first-order chi connectivity index (χ1) is 8.08. The van der Waals surface area contributed by atoms with E-state index < -0.39 is 0 Å². The molecule has 1 aliphatic rings. The molecule has 1 fully saturated rings. The van der Waals surface area contributed by atoms with Crippen molar-refractivity contribution in [2.45, 2.75) is 31.2 Å². The molecule has 0 unspecified atom stereocenters. The Kier molecular flexibility index (Phi) is 3.54. The summed E-state index contributed by atoms with van der Waals surface area (Å²) in [6, 6.07) is 8.02. The summed E-state index contributed by atoms with van der Waals surface area (Å²) < 4.78 is 1.01. The summed E-state index contributed by atoms with van der Waals surface area (Å²) in [7, 11) is 0. The Morgan fingerprint density at radius 2 is 2.29 bits per heavy atom. The third kappa shape index (κ3) is 2.53. The van der Waals surface area contributed by atoms with Crippen LogP contribution >= 0.6 is 15.9 Å². The minimum Gasteiger partial charge on any atom is -0.352 e. The van der Waals surface area contributed by atoms with Gasteiger partial charge in [-0.3, -0.25) is 4.79 Å². The zero-order chi connectivity index (χ0) is 12.5. The van der Waals surface area contributed by atoms with Crippen molar-refractivity contribution < 1.29 is 4.79 Å². The van der Waals surface area contributed by atoms with E-state index in [1.807, 2.05) is 31.2 Å². The summed E-state index contributed by atoms with van der Waals surface area (Å²) in [5, 5.41) is 2.97. The van der Waals surface area contributed by atoms with Crippen LogP contribution in [0.4, 0.5) is 0 Å². The van der Waals surface area contributed by atoms with Crippen molar-refractivity contribution in [1.29, 1.82) is 0 Å². The minimum atomic E-state index is -0.312. The second-order valence-electron chi connectivity index (χ2n) is 4.70. The molecule has 17 heavy (non-hydrogen) atoms. The monoisotopic (exact) mass is 296 g/mol. The highest BCUT2D eigenvalue weighted by molar-refractivity contribution is 9.10. The molecule has 2 rings (SSSR count). The van der Waals surface area contributed by atoms with Gasteiger partial charge in [0.25, 0.3) is 0 Å². The van der Waals surface area contributed by atoms with Gasteiger partial charge < -0.3 is 11.1 Å². The smallest absolute Gasteiger partial charge is 0.230 e. The molecular formula is C13H17BrN2O. The predicted molar refractivity (Wildman–Crippen MR) is 71.7 cm³/mol. The van der Waals surface area contributed by atoms with E-state index in [9.17, 15) is 4.79 Å². The van der Waals surface area contributed by atoms with Gasteiger partial charge in [-0.2, -0.15) is 0 Å². The first-order valence-electron chi connectivity index (χ1n) is 5.85. The number of nitrogens with two attached hydrogens (primary N) is 1. The quantitative estimate of drug-likeness (QED) is 0.892. The molecule has 1 aromatic carbocycles. The van der Waals surface area contributed by atoms with Gasteiger partial charge in [-0.05, 0) is 37.5 Å². The van der Waals surface area contributed by atoms with Crippen molar-refractivity contribution in [3.63, 3.8) is 0 Å². The van der Waals surface area contributed by atoms with E-state index >= 15 is 0 Å². The van der Waals surface area contributed by atoms with Crippen LogP contribution in [0.3, 0.4) is 0 Å². The van der Waals surface area contributed by atoms with Crippen molar-refractivity contribution in [2.75, 3.05) is 6.54 Å². The van der Waals surface area contributed by atoms with Crippen LogP contribution < -0.4 is 11.1 Å². The van der Waals surface area contributed by atoms with Gasteiger partial charge in [-0.15, -0.1) is 0 Å². The lowest BCUT2D eigenvalue weighted by Gasteiger charge is -2.19. The van der Waals surface area contributed by atoms with Gasteiger partial charge in [0.2, 0.25) is 5.91 Å². The van der Waals surface area contributed by atoms with E-state index in [0.29, 0.717) is 6.54 Å². The molecule has 1 atom stereocenters. The van der Waals surface area contributed by atoms with Gasteiger partial charge in [0, 0.05) is 17.1 Å². The molecule has 0 bridgehead atoms. The molecule has 1 aromatic rings. The highest BCUT2D eigenvalue weighted by atomic mass is 79.9. The largest absolute Gasteiger partial charge is 0.352 e. The van der Waals surface area contributed by atoms with Crippen LogP contribution in [0.15, 0.2) is 28.7 Å². The van der Waals surface area contributed by atoms with E-state index in [-0.39, 0.29) is 17.4 Å². The minimum absolute atomic E-state index is 0.0344. The van der Waals surface area contributed by atoms with Crippen LogP contribution in [0.25, 0.3) is 0 Å². The Hall–Kier alpha value is -0.870. The normalized spacial score (nSPS) is 18.5. The molecular weight excluding hydrogens is 280 g/mol. The molecule has 0 heterocycles. The van der Waals surface area contributed by atoms with Crippen LogP contribution in [0, 0.1) is 0 Å². The van der Waals surface area contributed by atoms with Crippen LogP contribution in [0.1, 0.15) is 25.3 Å². The lowest BCUT2D eigenvalue weighted by atomic mass is 9.95. The number of halogens is 1. The zero-order valence-corrected chi connectivity index (χ0v) is 11.5. The number of carbonyl (C=O) groups is 1. The maximum atomic E-state index is 12.2. The maximum absolute atomic E-state index is 12.2. The highest BCUT2D eigenvalue weighted by Gasteiger charge is 2.51. The summed E-state index contributed by atoms with van der Waals surface area (Å²) in [6.45, 7) is 2.40. The standard InChI is InChI=1S/C13H17BrN2O/c1-9(8-15)16-12(17)13(5-6-13)10-3-2-4-11(14)7-10/h2-4,7,9H,5-6,8,15H2,1H3,(H,16,17)/t9-/m0/s1. The molecule has 0 aromatic heterocycles. The Balaban J connectivity index is 2.17. The number of hydrogen-bond donors (Lipinski definition) is 2. The van der Waals surface area contributed by atoms with Crippen LogP contribution in [-0.4, -0.2) is 18.5 Å². The Morgan fingerprint density at radius 1 is 1.59 bits per heavy atom. The number of nitrogens with one attached hydrogen (secondary N) is 1. The second kappa shape index (κ2) is 4.78. The van der Waals surface area contributed by atoms with Crippen LogP contribution in [0.5, 0.6) is 0 Å². The number of benzene rings is 1. The summed E-state index contributed by atoms with van der Waals surface area (Å²) in [4.78, 5) is 12.2. The number of hydrogen-bond acceptors (Lipinski definition) is 2. The third-order valence-corrected chi connectivity index (χ3v) is 3.79. The fraction of sp³-hybridized carbons (Fsp3) is 0.462. The average Bonchev–Trinajstić information content (AvgIpc) is 3.10. The van der Waals surface area contributed by atoms with E-state index in [2.05, 4.69) is 21.2 Å². The summed E-state index contributed by atoms with van der Waals surface area (Å²) in [5.74, 6) is 0.105. The highest BCUT2D eigenvalue weighted by Crippen LogP contribution is 2.48. The lowest BCUT2D eigenvalue weighted by Crippen LogP contribution is -2.43. The average molecular weight is 297 g/mol. The van der Waals surface area contributed by atoms with Crippen molar-refractivity contribution in [3.8, 4) is 0 Å². The molecule has 0 aliphatic heterocycles. The van der Waals surface area contributed by atoms with Gasteiger partial charge >= 0.3 is 0 Å². The molecule has 3 nitrogen and oxygen atoms in total. The van der Waals surface area contributed by atoms with Crippen LogP contribution in [0.2, 0.25) is 0 Å². The molecule has 1 aliphatic carbocycles. The van der Waals surface area contributed by atoms with Crippen molar-refractivity contribution >= 4 is 21.8 Å². The molecule has 1 saturated carbocycles. The summed E-state index contributed by atoms with van der Waals surface area (Å²) >= 11 is 3.44. The third-order valence-electron chi connectivity index (χ3n) is 3.29. The fourth-order valence-corrected chi connectivity index (χ4v) is 2.38. The first kappa shape index (κ1) is 12.6. The Labute approximate surface area is 110 Å². The number of rotatable bonds is 4. The lowest BCUT2D eigenvalue weighted by molar-refractivity contribution is -0.124. The van der Waals surface area contributed by atoms with Gasteiger partial charge in [-0.1, -0.05) is 28.1 Å². The van der Waals surface area contributed by atoms with E-state index in [0.717, 1.165) is 22.9 Å². The van der Waals surface area contributed by atoms with Gasteiger partial charge in [-0.25, -0.2) is 0 Å². The first-order valence-corrected chi connectivity index (χ1v) is 6.65. The van der Waals surface area contributed by atoms with Gasteiger partial charge in [0.05, 0.1) is 5.41 Å². The molecule has 3 N–H and O–H groups in total. The topological polar surface area (TPSA) is 55.1 Å². The SMILES string of the molecule is C[C@@H](CN)NC(=O)C1(c2cccc(Br)c2)CC1. The summed E-state index contributed by atoms with van der Waals surface area (Å²) in [5.41, 5.74) is 6.30. The van der Waals surface area contributed by atoms with Crippen molar-refractivity contribution in [1.82, 2.24) is 5.32 Å². The van der Waals surface area contributed by atoms with Crippen LogP contribution in [-0.2, 0) is 10.2 Å². The van der Waals surface area contributed by atoms with Crippen molar-refractivity contribution in [3.05, 3.63) is 34.3 Å². The predicted octanol–water partition coefficient (Wildman–Crippen LogP) is 1.94.